The number of sulfonamides is 1. The molecule has 0 aliphatic carbocycles. The molecule has 1 atom stereocenters. The number of nitrogen functional groups attached to an aromatic ring is 1. The van der Waals surface area contributed by atoms with Gasteiger partial charge in [-0.05, 0) is 24.1 Å². The lowest BCUT2D eigenvalue weighted by molar-refractivity contribution is 0.164. The maximum atomic E-state index is 12.1. The fourth-order valence-corrected chi connectivity index (χ4v) is 2.62. The SMILES string of the molecule is COCC(C)CNc1cc(S(=O)(=O)N(C)C)ccc1N. The summed E-state index contributed by atoms with van der Waals surface area (Å²) in [6.45, 7) is 3.32. The molecule has 3 N–H and O–H groups in total. The number of benzene rings is 1. The van der Waals surface area contributed by atoms with Gasteiger partial charge in [0.25, 0.3) is 0 Å². The number of nitrogens with one attached hydrogen (secondary N) is 1. The minimum atomic E-state index is -3.45. The van der Waals surface area contributed by atoms with Crippen LogP contribution < -0.4 is 11.1 Å². The molecule has 1 aromatic rings. The van der Waals surface area contributed by atoms with Crippen LogP contribution in [0.3, 0.4) is 0 Å². The highest BCUT2D eigenvalue weighted by molar-refractivity contribution is 7.89. The molecule has 1 aromatic carbocycles. The van der Waals surface area contributed by atoms with E-state index in [0.717, 1.165) is 0 Å². The Morgan fingerprint density at radius 2 is 2.05 bits per heavy atom. The molecule has 114 valence electrons. The van der Waals surface area contributed by atoms with Gasteiger partial charge in [-0.25, -0.2) is 12.7 Å². The highest BCUT2D eigenvalue weighted by Gasteiger charge is 2.18. The van der Waals surface area contributed by atoms with Crippen LogP contribution in [0.1, 0.15) is 6.92 Å². The number of hydrogen-bond donors (Lipinski definition) is 2. The number of nitrogens with zero attached hydrogens (tertiary/aromatic N) is 1. The Hall–Kier alpha value is -1.31. The third-order valence-corrected chi connectivity index (χ3v) is 4.71. The Morgan fingerprint density at radius 3 is 2.60 bits per heavy atom. The molecule has 0 saturated heterocycles. The molecule has 0 bridgehead atoms. The zero-order valence-corrected chi connectivity index (χ0v) is 13.2. The lowest BCUT2D eigenvalue weighted by Crippen LogP contribution is -2.22. The van der Waals surface area contributed by atoms with Gasteiger partial charge in [-0.2, -0.15) is 0 Å². The number of nitrogens with two attached hydrogens (primary N) is 1. The van der Waals surface area contributed by atoms with E-state index in [1.54, 1.807) is 19.2 Å². The van der Waals surface area contributed by atoms with Crippen molar-refractivity contribution in [1.29, 1.82) is 0 Å². The quantitative estimate of drug-likeness (QED) is 0.740. The Morgan fingerprint density at radius 1 is 1.40 bits per heavy atom. The van der Waals surface area contributed by atoms with E-state index in [9.17, 15) is 8.42 Å². The zero-order chi connectivity index (χ0) is 15.3. The molecular formula is C13H23N3O3S. The van der Waals surface area contributed by atoms with E-state index in [1.807, 2.05) is 6.92 Å². The van der Waals surface area contributed by atoms with E-state index >= 15 is 0 Å². The van der Waals surface area contributed by atoms with Crippen LogP contribution in [0.2, 0.25) is 0 Å². The summed E-state index contributed by atoms with van der Waals surface area (Å²) in [4.78, 5) is 0.221. The van der Waals surface area contributed by atoms with E-state index in [-0.39, 0.29) is 4.90 Å². The van der Waals surface area contributed by atoms with Crippen molar-refractivity contribution in [3.63, 3.8) is 0 Å². The minimum absolute atomic E-state index is 0.221. The summed E-state index contributed by atoms with van der Waals surface area (Å²) in [6, 6.07) is 4.67. The molecule has 0 saturated carbocycles. The van der Waals surface area contributed by atoms with E-state index in [0.29, 0.717) is 30.4 Å². The smallest absolute Gasteiger partial charge is 0.242 e. The molecule has 7 heteroatoms. The molecule has 20 heavy (non-hydrogen) atoms. The van der Waals surface area contributed by atoms with Crippen molar-refractivity contribution in [3.8, 4) is 0 Å². The van der Waals surface area contributed by atoms with Gasteiger partial charge in [0.15, 0.2) is 0 Å². The molecule has 0 radical (unpaired) electrons. The first-order chi connectivity index (χ1) is 9.28. The van der Waals surface area contributed by atoms with Gasteiger partial charge in [0, 0.05) is 27.7 Å². The third kappa shape index (κ3) is 4.09. The Kier molecular flexibility index (Phi) is 5.79. The Labute approximate surface area is 121 Å². The van der Waals surface area contributed by atoms with Crippen molar-refractivity contribution in [2.24, 2.45) is 5.92 Å². The second-order valence-corrected chi connectivity index (χ2v) is 7.13. The maximum absolute atomic E-state index is 12.1. The van der Waals surface area contributed by atoms with Gasteiger partial charge in [-0.1, -0.05) is 6.92 Å². The Balaban J connectivity index is 2.93. The minimum Gasteiger partial charge on any atom is -0.397 e. The second-order valence-electron chi connectivity index (χ2n) is 4.98. The van der Waals surface area contributed by atoms with Crippen LogP contribution in [0.15, 0.2) is 23.1 Å². The van der Waals surface area contributed by atoms with Crippen LogP contribution in [0.4, 0.5) is 11.4 Å². The summed E-state index contributed by atoms with van der Waals surface area (Å²) in [5.41, 5.74) is 7.01. The summed E-state index contributed by atoms with van der Waals surface area (Å²) in [5.74, 6) is 0.300. The topological polar surface area (TPSA) is 84.7 Å². The summed E-state index contributed by atoms with van der Waals surface area (Å²) in [6.07, 6.45) is 0. The molecule has 0 fully saturated rings. The van der Waals surface area contributed by atoms with Crippen molar-refractivity contribution in [3.05, 3.63) is 18.2 Å². The molecule has 1 unspecified atom stereocenters. The van der Waals surface area contributed by atoms with Crippen LogP contribution in [-0.4, -0.2) is 47.1 Å². The molecular weight excluding hydrogens is 278 g/mol. The van der Waals surface area contributed by atoms with E-state index in [4.69, 9.17) is 10.5 Å². The number of rotatable bonds is 7. The summed E-state index contributed by atoms with van der Waals surface area (Å²) >= 11 is 0. The Bertz CT molecular complexity index is 544. The zero-order valence-electron chi connectivity index (χ0n) is 12.4. The first-order valence-corrected chi connectivity index (χ1v) is 7.78. The standard InChI is InChI=1S/C13H23N3O3S/c1-10(9-19-4)8-15-13-7-11(5-6-12(13)14)20(17,18)16(2)3/h5-7,10,15H,8-9,14H2,1-4H3. The number of anilines is 2. The molecule has 6 nitrogen and oxygen atoms in total. The summed E-state index contributed by atoms with van der Waals surface area (Å²) < 4.78 is 30.4. The molecule has 0 amide bonds. The highest BCUT2D eigenvalue weighted by Crippen LogP contribution is 2.24. The molecule has 0 heterocycles. The fraction of sp³-hybridized carbons (Fsp3) is 0.538. The first-order valence-electron chi connectivity index (χ1n) is 6.34. The van der Waals surface area contributed by atoms with Gasteiger partial charge in [0.1, 0.15) is 0 Å². The summed E-state index contributed by atoms with van der Waals surface area (Å²) in [7, 11) is 1.20. The average Bonchev–Trinajstić information content (AvgIpc) is 2.37. The normalized spacial score (nSPS) is 13.4. The molecule has 0 aliphatic heterocycles. The third-order valence-electron chi connectivity index (χ3n) is 2.90. The van der Waals surface area contributed by atoms with Gasteiger partial charge in [-0.3, -0.25) is 0 Å². The average molecular weight is 301 g/mol. The predicted molar refractivity (Wildman–Crippen MR) is 81.3 cm³/mol. The van der Waals surface area contributed by atoms with Gasteiger partial charge in [0.2, 0.25) is 10.0 Å². The number of ether oxygens (including phenoxy) is 1. The van der Waals surface area contributed by atoms with E-state index < -0.39 is 10.0 Å². The van der Waals surface area contributed by atoms with Gasteiger partial charge >= 0.3 is 0 Å². The van der Waals surface area contributed by atoms with Gasteiger partial charge < -0.3 is 15.8 Å². The lowest BCUT2D eigenvalue weighted by atomic mass is 10.2. The van der Waals surface area contributed by atoms with Crippen LogP contribution in [0.5, 0.6) is 0 Å². The largest absolute Gasteiger partial charge is 0.397 e. The van der Waals surface area contributed by atoms with Crippen molar-refractivity contribution in [2.45, 2.75) is 11.8 Å². The predicted octanol–water partition coefficient (Wildman–Crippen LogP) is 1.21. The van der Waals surface area contributed by atoms with Gasteiger partial charge in [0.05, 0.1) is 22.9 Å². The van der Waals surface area contributed by atoms with Crippen molar-refractivity contribution >= 4 is 21.4 Å². The maximum Gasteiger partial charge on any atom is 0.242 e. The molecule has 0 spiro atoms. The van der Waals surface area contributed by atoms with Gasteiger partial charge in [-0.15, -0.1) is 0 Å². The first kappa shape index (κ1) is 16.7. The number of hydrogen-bond acceptors (Lipinski definition) is 5. The van der Waals surface area contributed by atoms with Crippen LogP contribution in [0.25, 0.3) is 0 Å². The van der Waals surface area contributed by atoms with E-state index in [2.05, 4.69) is 5.32 Å². The van der Waals surface area contributed by atoms with Crippen molar-refractivity contribution < 1.29 is 13.2 Å². The molecule has 0 aliphatic rings. The summed E-state index contributed by atoms with van der Waals surface area (Å²) in [5, 5.41) is 3.16. The van der Waals surface area contributed by atoms with Crippen molar-refractivity contribution in [1.82, 2.24) is 4.31 Å². The van der Waals surface area contributed by atoms with E-state index in [1.165, 1.54) is 24.5 Å². The second kappa shape index (κ2) is 6.92. The van der Waals surface area contributed by atoms with Crippen LogP contribution in [0, 0.1) is 5.92 Å². The monoisotopic (exact) mass is 301 g/mol. The van der Waals surface area contributed by atoms with Crippen LogP contribution in [-0.2, 0) is 14.8 Å². The fourth-order valence-electron chi connectivity index (χ4n) is 1.69. The van der Waals surface area contributed by atoms with Crippen LogP contribution >= 0.6 is 0 Å². The lowest BCUT2D eigenvalue weighted by Gasteiger charge is -2.16. The number of methoxy groups -OCH3 is 1. The molecule has 0 aromatic heterocycles. The highest BCUT2D eigenvalue weighted by atomic mass is 32.2. The van der Waals surface area contributed by atoms with Crippen molar-refractivity contribution in [2.75, 3.05) is 45.4 Å². The molecule has 1 rings (SSSR count).